The molecular weight excluding hydrogens is 322 g/mol. The van der Waals surface area contributed by atoms with Crippen molar-refractivity contribution in [2.75, 3.05) is 0 Å². The Kier molecular flexibility index (Phi) is 3.72. The molecule has 0 bridgehead atoms. The normalized spacial score (nSPS) is 11.5. The van der Waals surface area contributed by atoms with E-state index in [1.54, 1.807) is 48.5 Å². The van der Waals surface area contributed by atoms with Gasteiger partial charge in [-0.05, 0) is 31.2 Å². The highest BCUT2D eigenvalue weighted by Crippen LogP contribution is 2.20. The molecular formula is C15H12ClN3O2S. The molecule has 0 saturated carbocycles. The Balaban J connectivity index is 2.01. The van der Waals surface area contributed by atoms with Crippen molar-refractivity contribution >= 4 is 21.6 Å². The average molecular weight is 334 g/mol. The summed E-state index contributed by atoms with van der Waals surface area (Å²) in [4.78, 5) is 4.22. The van der Waals surface area contributed by atoms with Gasteiger partial charge in [-0.1, -0.05) is 41.4 Å². The molecule has 2 aromatic carbocycles. The molecule has 0 amide bonds. The zero-order valence-electron chi connectivity index (χ0n) is 11.6. The highest BCUT2D eigenvalue weighted by atomic mass is 35.5. The summed E-state index contributed by atoms with van der Waals surface area (Å²) in [5.41, 5.74) is 1.64. The Labute approximate surface area is 133 Å². The van der Waals surface area contributed by atoms with E-state index in [9.17, 15) is 8.42 Å². The van der Waals surface area contributed by atoms with Crippen molar-refractivity contribution in [2.24, 2.45) is 0 Å². The molecule has 0 aliphatic heterocycles. The lowest BCUT2D eigenvalue weighted by Crippen LogP contribution is -2.13. The van der Waals surface area contributed by atoms with Crippen LogP contribution >= 0.6 is 11.6 Å². The second-order valence-electron chi connectivity index (χ2n) is 4.77. The highest BCUT2D eigenvalue weighted by Gasteiger charge is 2.19. The summed E-state index contributed by atoms with van der Waals surface area (Å²) in [6.07, 6.45) is 1.19. The average Bonchev–Trinajstić information content (AvgIpc) is 2.98. The minimum absolute atomic E-state index is 0.167. The van der Waals surface area contributed by atoms with Crippen LogP contribution in [0.15, 0.2) is 59.8 Å². The van der Waals surface area contributed by atoms with Crippen molar-refractivity contribution in [1.82, 2.24) is 14.2 Å². The first-order chi connectivity index (χ1) is 10.5. The number of nitrogens with zero attached hydrogens (tertiary/aromatic N) is 3. The summed E-state index contributed by atoms with van der Waals surface area (Å²) in [5, 5.41) is 4.59. The molecule has 1 heterocycles. The summed E-state index contributed by atoms with van der Waals surface area (Å²) < 4.78 is 25.9. The fourth-order valence-electron chi connectivity index (χ4n) is 1.94. The van der Waals surface area contributed by atoms with E-state index in [4.69, 9.17) is 11.6 Å². The maximum absolute atomic E-state index is 12.5. The van der Waals surface area contributed by atoms with Crippen LogP contribution in [0, 0.1) is 6.92 Å². The third-order valence-electron chi connectivity index (χ3n) is 3.12. The smallest absolute Gasteiger partial charge is 0.214 e. The van der Waals surface area contributed by atoms with Gasteiger partial charge in [-0.3, -0.25) is 0 Å². The predicted octanol–water partition coefficient (Wildman–Crippen LogP) is 3.14. The van der Waals surface area contributed by atoms with Crippen LogP contribution in [-0.4, -0.2) is 22.6 Å². The van der Waals surface area contributed by atoms with E-state index in [-0.39, 0.29) is 4.90 Å². The lowest BCUT2D eigenvalue weighted by Gasteiger charge is -2.03. The maximum Gasteiger partial charge on any atom is 0.284 e. The monoisotopic (exact) mass is 333 g/mol. The molecule has 0 aliphatic carbocycles. The lowest BCUT2D eigenvalue weighted by atomic mass is 10.2. The number of rotatable bonds is 3. The Morgan fingerprint density at radius 1 is 1.09 bits per heavy atom. The SMILES string of the molecule is Cc1ccc(S(=O)(=O)n2cnc(-c3cccc(Cl)c3)n2)cc1. The number of hydrogen-bond donors (Lipinski definition) is 0. The summed E-state index contributed by atoms with van der Waals surface area (Å²) in [6, 6.07) is 13.5. The van der Waals surface area contributed by atoms with E-state index in [2.05, 4.69) is 10.1 Å². The minimum Gasteiger partial charge on any atom is -0.214 e. The molecule has 0 aliphatic rings. The van der Waals surface area contributed by atoms with E-state index in [1.807, 2.05) is 6.92 Å². The molecule has 3 aromatic rings. The lowest BCUT2D eigenvalue weighted by molar-refractivity contribution is 0.580. The van der Waals surface area contributed by atoms with Gasteiger partial charge in [-0.25, -0.2) is 4.98 Å². The largest absolute Gasteiger partial charge is 0.284 e. The minimum atomic E-state index is -3.74. The standard InChI is InChI=1S/C15H12ClN3O2S/c1-11-5-7-14(8-6-11)22(20,21)19-10-17-15(18-19)12-3-2-4-13(16)9-12/h2-10H,1H3. The van der Waals surface area contributed by atoms with Gasteiger partial charge in [0.25, 0.3) is 10.0 Å². The number of aryl methyl sites for hydroxylation is 1. The van der Waals surface area contributed by atoms with Crippen LogP contribution < -0.4 is 0 Å². The number of hydrogen-bond acceptors (Lipinski definition) is 4. The van der Waals surface area contributed by atoms with E-state index in [0.29, 0.717) is 16.4 Å². The number of halogens is 1. The van der Waals surface area contributed by atoms with Crippen LogP contribution in [0.2, 0.25) is 5.02 Å². The van der Waals surface area contributed by atoms with Crippen molar-refractivity contribution in [3.8, 4) is 11.4 Å². The third kappa shape index (κ3) is 2.75. The fraction of sp³-hybridized carbons (Fsp3) is 0.0667. The molecule has 0 spiro atoms. The molecule has 5 nitrogen and oxygen atoms in total. The molecule has 0 unspecified atom stereocenters. The molecule has 22 heavy (non-hydrogen) atoms. The molecule has 3 rings (SSSR count). The molecule has 0 fully saturated rings. The topological polar surface area (TPSA) is 64.8 Å². The first kappa shape index (κ1) is 14.7. The molecule has 112 valence electrons. The van der Waals surface area contributed by atoms with Crippen LogP contribution in [0.25, 0.3) is 11.4 Å². The van der Waals surface area contributed by atoms with Gasteiger partial charge in [0.05, 0.1) is 4.90 Å². The second-order valence-corrected chi connectivity index (χ2v) is 7.00. The van der Waals surface area contributed by atoms with E-state index >= 15 is 0 Å². The van der Waals surface area contributed by atoms with Gasteiger partial charge in [-0.15, -0.1) is 9.19 Å². The first-order valence-corrected chi connectivity index (χ1v) is 8.28. The molecule has 0 N–H and O–H groups in total. The van der Waals surface area contributed by atoms with E-state index in [0.717, 1.165) is 9.65 Å². The Hall–Kier alpha value is -2.18. The van der Waals surface area contributed by atoms with Crippen LogP contribution in [0.3, 0.4) is 0 Å². The van der Waals surface area contributed by atoms with Crippen molar-refractivity contribution in [3.63, 3.8) is 0 Å². The van der Waals surface area contributed by atoms with Gasteiger partial charge in [-0.2, -0.15) is 8.42 Å². The predicted molar refractivity (Wildman–Crippen MR) is 84.2 cm³/mol. The quantitative estimate of drug-likeness (QED) is 0.738. The Bertz CT molecular complexity index is 918. The van der Waals surface area contributed by atoms with Gasteiger partial charge in [0.2, 0.25) is 0 Å². The van der Waals surface area contributed by atoms with Crippen LogP contribution in [0.5, 0.6) is 0 Å². The molecule has 7 heteroatoms. The van der Waals surface area contributed by atoms with Gasteiger partial charge < -0.3 is 0 Å². The fourth-order valence-corrected chi connectivity index (χ4v) is 3.19. The Morgan fingerprint density at radius 2 is 1.82 bits per heavy atom. The van der Waals surface area contributed by atoms with Crippen LogP contribution in [0.4, 0.5) is 0 Å². The summed E-state index contributed by atoms with van der Waals surface area (Å²) in [6.45, 7) is 1.89. The van der Waals surface area contributed by atoms with Gasteiger partial charge >= 0.3 is 0 Å². The van der Waals surface area contributed by atoms with Crippen molar-refractivity contribution in [1.29, 1.82) is 0 Å². The van der Waals surface area contributed by atoms with Crippen molar-refractivity contribution in [2.45, 2.75) is 11.8 Å². The maximum atomic E-state index is 12.5. The van der Waals surface area contributed by atoms with E-state index < -0.39 is 10.0 Å². The zero-order valence-corrected chi connectivity index (χ0v) is 13.2. The molecule has 1 aromatic heterocycles. The molecule has 0 saturated heterocycles. The molecule has 0 radical (unpaired) electrons. The molecule has 0 atom stereocenters. The van der Waals surface area contributed by atoms with Gasteiger partial charge in [0.15, 0.2) is 5.82 Å². The number of aromatic nitrogens is 3. The van der Waals surface area contributed by atoms with Gasteiger partial charge in [0.1, 0.15) is 6.33 Å². The first-order valence-electron chi connectivity index (χ1n) is 6.47. The van der Waals surface area contributed by atoms with Crippen LogP contribution in [0.1, 0.15) is 5.56 Å². The van der Waals surface area contributed by atoms with Crippen molar-refractivity contribution < 1.29 is 8.42 Å². The summed E-state index contributed by atoms with van der Waals surface area (Å²) >= 11 is 5.92. The Morgan fingerprint density at radius 3 is 2.50 bits per heavy atom. The van der Waals surface area contributed by atoms with Gasteiger partial charge in [0, 0.05) is 10.6 Å². The second kappa shape index (κ2) is 5.55. The summed E-state index contributed by atoms with van der Waals surface area (Å²) in [7, 11) is -3.74. The van der Waals surface area contributed by atoms with Crippen molar-refractivity contribution in [3.05, 3.63) is 65.4 Å². The third-order valence-corrected chi connectivity index (χ3v) is 4.89. The highest BCUT2D eigenvalue weighted by molar-refractivity contribution is 7.89. The van der Waals surface area contributed by atoms with Crippen LogP contribution in [-0.2, 0) is 10.0 Å². The summed E-state index contributed by atoms with van der Waals surface area (Å²) in [5.74, 6) is 0.304. The zero-order chi connectivity index (χ0) is 15.7. The number of benzene rings is 2. The van der Waals surface area contributed by atoms with E-state index in [1.165, 1.54) is 6.33 Å².